The number of carbonyl (C=O) groups excluding carboxylic acids is 1. The number of aliphatic carboxylic acids is 1. The molecule has 2 aliphatic rings. The Balaban J connectivity index is 2.00. The summed E-state index contributed by atoms with van der Waals surface area (Å²) in [5.74, 6) is -0.213. The molecule has 18 heavy (non-hydrogen) atoms. The number of carboxylic acid groups (broad SMARTS) is 1. The van der Waals surface area contributed by atoms with E-state index in [1.54, 1.807) is 0 Å². The Kier molecular flexibility index (Phi) is 4.25. The highest BCUT2D eigenvalue weighted by molar-refractivity contribution is 5.80. The third kappa shape index (κ3) is 3.03. The van der Waals surface area contributed by atoms with E-state index >= 15 is 0 Å². The molecular formula is C14H23NO3. The molecule has 4 nitrogen and oxygen atoms in total. The molecule has 0 radical (unpaired) electrons. The zero-order chi connectivity index (χ0) is 13.1. The van der Waals surface area contributed by atoms with Crippen LogP contribution in [0.4, 0.5) is 0 Å². The van der Waals surface area contributed by atoms with Crippen LogP contribution in [0.2, 0.25) is 0 Å². The molecule has 3 atom stereocenters. The van der Waals surface area contributed by atoms with Crippen molar-refractivity contribution >= 4 is 11.9 Å². The average Bonchev–Trinajstić information content (AvgIpc) is 2.54. The minimum atomic E-state index is -0.755. The molecular weight excluding hydrogens is 230 g/mol. The minimum absolute atomic E-state index is 0.159. The van der Waals surface area contributed by atoms with Gasteiger partial charge in [-0.1, -0.05) is 19.8 Å². The van der Waals surface area contributed by atoms with Gasteiger partial charge < -0.3 is 10.0 Å². The molecule has 0 bridgehead atoms. The molecule has 0 aromatic rings. The molecule has 0 spiro atoms. The lowest BCUT2D eigenvalue weighted by Gasteiger charge is -2.36. The van der Waals surface area contributed by atoms with Crippen molar-refractivity contribution in [3.05, 3.63) is 0 Å². The van der Waals surface area contributed by atoms with E-state index in [0.717, 1.165) is 31.6 Å². The van der Waals surface area contributed by atoms with Gasteiger partial charge in [0.05, 0.1) is 5.92 Å². The van der Waals surface area contributed by atoms with Crippen LogP contribution in [0.25, 0.3) is 0 Å². The monoisotopic (exact) mass is 253 g/mol. The minimum Gasteiger partial charge on any atom is -0.481 e. The van der Waals surface area contributed by atoms with E-state index in [4.69, 9.17) is 5.11 Å². The second kappa shape index (κ2) is 5.72. The average molecular weight is 253 g/mol. The summed E-state index contributed by atoms with van der Waals surface area (Å²) in [6.07, 6.45) is 6.55. The van der Waals surface area contributed by atoms with Gasteiger partial charge in [-0.15, -0.1) is 0 Å². The van der Waals surface area contributed by atoms with Crippen LogP contribution < -0.4 is 0 Å². The molecule has 102 valence electrons. The van der Waals surface area contributed by atoms with Crippen LogP contribution in [0.3, 0.4) is 0 Å². The molecule has 1 aliphatic carbocycles. The summed E-state index contributed by atoms with van der Waals surface area (Å²) >= 11 is 0. The molecule has 3 unspecified atom stereocenters. The van der Waals surface area contributed by atoms with Crippen molar-refractivity contribution in [2.75, 3.05) is 6.54 Å². The van der Waals surface area contributed by atoms with Gasteiger partial charge in [-0.3, -0.25) is 9.59 Å². The fourth-order valence-corrected chi connectivity index (χ4v) is 3.21. The number of piperidine rings is 1. The van der Waals surface area contributed by atoms with Gasteiger partial charge in [0.1, 0.15) is 0 Å². The van der Waals surface area contributed by atoms with Crippen LogP contribution >= 0.6 is 0 Å². The van der Waals surface area contributed by atoms with Crippen LogP contribution in [0.1, 0.15) is 51.9 Å². The van der Waals surface area contributed by atoms with E-state index in [-0.39, 0.29) is 17.9 Å². The largest absolute Gasteiger partial charge is 0.481 e. The van der Waals surface area contributed by atoms with Gasteiger partial charge in [0.25, 0.3) is 0 Å². The number of likely N-dealkylation sites (tertiary alicyclic amines) is 1. The molecule has 1 heterocycles. The van der Waals surface area contributed by atoms with Crippen LogP contribution in [-0.4, -0.2) is 34.5 Å². The van der Waals surface area contributed by atoms with E-state index < -0.39 is 5.97 Å². The van der Waals surface area contributed by atoms with Gasteiger partial charge in [-0.05, 0) is 31.6 Å². The fourth-order valence-electron chi connectivity index (χ4n) is 3.21. The topological polar surface area (TPSA) is 57.6 Å². The zero-order valence-corrected chi connectivity index (χ0v) is 11.1. The Bertz CT molecular complexity index is 329. The van der Waals surface area contributed by atoms with Gasteiger partial charge in [0, 0.05) is 19.0 Å². The lowest BCUT2D eigenvalue weighted by Crippen LogP contribution is -2.48. The standard InChI is InChI=1S/C14H23NO3/c1-10-3-2-4-12(7-5-10)15-9-11(14(17)18)6-8-13(15)16/h10-12H,2-9H2,1H3,(H,17,18). The Morgan fingerprint density at radius 3 is 2.72 bits per heavy atom. The first-order valence-corrected chi connectivity index (χ1v) is 7.10. The predicted molar refractivity (Wildman–Crippen MR) is 68.1 cm³/mol. The highest BCUT2D eigenvalue weighted by Gasteiger charge is 2.34. The van der Waals surface area contributed by atoms with Crippen LogP contribution in [0, 0.1) is 11.8 Å². The molecule has 2 fully saturated rings. The summed E-state index contributed by atoms with van der Waals surface area (Å²) in [4.78, 5) is 24.9. The number of hydrogen-bond acceptors (Lipinski definition) is 2. The van der Waals surface area contributed by atoms with Crippen molar-refractivity contribution < 1.29 is 14.7 Å². The normalized spacial score (nSPS) is 34.2. The molecule has 0 aromatic carbocycles. The van der Waals surface area contributed by atoms with E-state index in [2.05, 4.69) is 6.92 Å². The second-order valence-corrected chi connectivity index (χ2v) is 5.89. The van der Waals surface area contributed by atoms with Crippen molar-refractivity contribution in [3.63, 3.8) is 0 Å². The van der Waals surface area contributed by atoms with Crippen molar-refractivity contribution in [1.29, 1.82) is 0 Å². The Labute approximate surface area is 108 Å². The first-order chi connectivity index (χ1) is 8.58. The number of hydrogen-bond donors (Lipinski definition) is 1. The Hall–Kier alpha value is -1.06. The molecule has 1 saturated heterocycles. The lowest BCUT2D eigenvalue weighted by molar-refractivity contribution is -0.148. The summed E-state index contributed by atoms with van der Waals surface area (Å²) in [7, 11) is 0. The fraction of sp³-hybridized carbons (Fsp3) is 0.857. The third-order valence-electron chi connectivity index (χ3n) is 4.46. The molecule has 0 aromatic heterocycles. The Morgan fingerprint density at radius 2 is 2.00 bits per heavy atom. The van der Waals surface area contributed by atoms with E-state index in [0.29, 0.717) is 19.4 Å². The number of nitrogens with zero attached hydrogens (tertiary/aromatic N) is 1. The molecule has 1 N–H and O–H groups in total. The quantitative estimate of drug-likeness (QED) is 0.768. The third-order valence-corrected chi connectivity index (χ3v) is 4.46. The first-order valence-electron chi connectivity index (χ1n) is 7.10. The van der Waals surface area contributed by atoms with Crippen molar-refractivity contribution in [3.8, 4) is 0 Å². The summed E-state index contributed by atoms with van der Waals surface area (Å²) < 4.78 is 0. The van der Waals surface area contributed by atoms with Gasteiger partial charge in [-0.2, -0.15) is 0 Å². The highest BCUT2D eigenvalue weighted by atomic mass is 16.4. The van der Waals surface area contributed by atoms with Crippen LogP contribution in [0.15, 0.2) is 0 Å². The maximum Gasteiger partial charge on any atom is 0.308 e. The molecule has 1 amide bonds. The summed E-state index contributed by atoms with van der Waals surface area (Å²) in [6, 6.07) is 0.282. The maximum atomic E-state index is 12.0. The first kappa shape index (κ1) is 13.4. The van der Waals surface area contributed by atoms with Gasteiger partial charge in [-0.25, -0.2) is 0 Å². The Morgan fingerprint density at radius 1 is 1.22 bits per heavy atom. The maximum absolute atomic E-state index is 12.0. The zero-order valence-electron chi connectivity index (χ0n) is 11.1. The summed E-state index contributed by atoms with van der Waals surface area (Å²) in [5, 5.41) is 9.10. The molecule has 1 saturated carbocycles. The van der Waals surface area contributed by atoms with E-state index in [1.165, 1.54) is 6.42 Å². The van der Waals surface area contributed by atoms with E-state index in [9.17, 15) is 9.59 Å². The number of carboxylic acids is 1. The van der Waals surface area contributed by atoms with Crippen LogP contribution in [0.5, 0.6) is 0 Å². The number of rotatable bonds is 2. The van der Waals surface area contributed by atoms with Gasteiger partial charge >= 0.3 is 5.97 Å². The molecule has 1 aliphatic heterocycles. The molecule has 2 rings (SSSR count). The van der Waals surface area contributed by atoms with Crippen molar-refractivity contribution in [2.24, 2.45) is 11.8 Å². The summed E-state index contributed by atoms with van der Waals surface area (Å²) in [5.41, 5.74) is 0. The highest BCUT2D eigenvalue weighted by Crippen LogP contribution is 2.29. The van der Waals surface area contributed by atoms with Gasteiger partial charge in [0.15, 0.2) is 0 Å². The van der Waals surface area contributed by atoms with Crippen LogP contribution in [-0.2, 0) is 9.59 Å². The number of carbonyl (C=O) groups is 2. The smallest absolute Gasteiger partial charge is 0.308 e. The summed E-state index contributed by atoms with van der Waals surface area (Å²) in [6.45, 7) is 2.69. The second-order valence-electron chi connectivity index (χ2n) is 5.89. The SMILES string of the molecule is CC1CCCC(N2CC(C(=O)O)CCC2=O)CC1. The van der Waals surface area contributed by atoms with Gasteiger partial charge in [0.2, 0.25) is 5.91 Å². The number of amides is 1. The van der Waals surface area contributed by atoms with E-state index in [1.807, 2.05) is 4.90 Å². The lowest BCUT2D eigenvalue weighted by atomic mass is 9.94. The molecule has 4 heteroatoms. The van der Waals surface area contributed by atoms with Crippen molar-refractivity contribution in [2.45, 2.75) is 57.9 Å². The predicted octanol–water partition coefficient (Wildman–Crippen LogP) is 2.28. The van der Waals surface area contributed by atoms with Crippen molar-refractivity contribution in [1.82, 2.24) is 4.90 Å².